The smallest absolute Gasteiger partial charge is 0.345 e. The Morgan fingerprint density at radius 2 is 2.03 bits per heavy atom. The molecule has 2 N–H and O–H groups in total. The first-order chi connectivity index (χ1) is 14.7. The lowest BCUT2D eigenvalue weighted by Gasteiger charge is -2.13. The Morgan fingerprint density at radius 1 is 1.19 bits per heavy atom. The summed E-state index contributed by atoms with van der Waals surface area (Å²) in [7, 11) is 0. The maximum atomic E-state index is 12.4. The molecule has 2 aromatic rings. The molecule has 2 aliphatic heterocycles. The van der Waals surface area contributed by atoms with E-state index in [1.54, 1.807) is 4.68 Å². The second-order valence-corrected chi connectivity index (χ2v) is 7.48. The summed E-state index contributed by atoms with van der Waals surface area (Å²) in [6.45, 7) is 6.06. The fourth-order valence-electron chi connectivity index (χ4n) is 3.69. The van der Waals surface area contributed by atoms with E-state index in [-0.39, 0.29) is 29.7 Å². The van der Waals surface area contributed by atoms with Gasteiger partial charge in [0, 0.05) is 50.8 Å². The van der Waals surface area contributed by atoms with Crippen molar-refractivity contribution < 1.29 is 9.47 Å². The van der Waals surface area contributed by atoms with Crippen LogP contribution in [0.15, 0.2) is 28.0 Å². The van der Waals surface area contributed by atoms with Crippen molar-refractivity contribution in [1.82, 2.24) is 19.7 Å². The molecule has 0 saturated carbocycles. The highest BCUT2D eigenvalue weighted by Gasteiger charge is 2.16. The van der Waals surface area contributed by atoms with Crippen LogP contribution in [0.2, 0.25) is 0 Å². The summed E-state index contributed by atoms with van der Waals surface area (Å²) in [5.41, 5.74) is 0.892. The predicted molar refractivity (Wildman–Crippen MR) is 131 cm³/mol. The third kappa shape index (κ3) is 5.92. The SMILES string of the molecule is CCNC(=NCCCn1nc2n(c1=O)CCCC2)Nc1ccc2c(c1)OCCCO2.I. The van der Waals surface area contributed by atoms with E-state index in [1.807, 2.05) is 29.7 Å². The second-order valence-electron chi connectivity index (χ2n) is 7.48. The minimum Gasteiger partial charge on any atom is -0.490 e. The number of hydrogen-bond donors (Lipinski definition) is 2. The van der Waals surface area contributed by atoms with Crippen LogP contribution in [0.25, 0.3) is 0 Å². The van der Waals surface area contributed by atoms with Crippen molar-refractivity contribution in [3.8, 4) is 11.5 Å². The maximum absolute atomic E-state index is 12.4. The molecule has 4 rings (SSSR count). The standard InChI is InChI=1S/C21H30N6O3.HI/c1-2-22-20(24-16-8-9-17-18(15-16)30-14-6-13-29-17)23-10-5-12-27-21(28)26-11-4-3-7-19(26)25-27;/h8-9,15H,2-7,10-14H2,1H3,(H2,22,23,24);1H. The Morgan fingerprint density at radius 3 is 2.84 bits per heavy atom. The number of aliphatic imine (C=N–C) groups is 1. The summed E-state index contributed by atoms with van der Waals surface area (Å²) in [5.74, 6) is 3.13. The van der Waals surface area contributed by atoms with Gasteiger partial charge in [0.15, 0.2) is 17.5 Å². The number of fused-ring (bicyclic) bond motifs is 2. The van der Waals surface area contributed by atoms with Gasteiger partial charge in [0.1, 0.15) is 5.82 Å². The van der Waals surface area contributed by atoms with E-state index < -0.39 is 0 Å². The van der Waals surface area contributed by atoms with Crippen LogP contribution in [0.3, 0.4) is 0 Å². The number of rotatable bonds is 6. The molecule has 1 aromatic heterocycles. The molecule has 170 valence electrons. The zero-order valence-corrected chi connectivity index (χ0v) is 20.3. The Balaban J connectivity index is 0.00000272. The van der Waals surface area contributed by atoms with Gasteiger partial charge >= 0.3 is 5.69 Å². The van der Waals surface area contributed by atoms with E-state index in [9.17, 15) is 4.79 Å². The number of halogens is 1. The molecule has 2 aliphatic rings. The fraction of sp³-hybridized carbons (Fsp3) is 0.571. The van der Waals surface area contributed by atoms with E-state index >= 15 is 0 Å². The minimum atomic E-state index is 0. The number of benzene rings is 1. The molecule has 0 saturated heterocycles. The third-order valence-electron chi connectivity index (χ3n) is 5.18. The number of nitrogens with one attached hydrogen (secondary N) is 2. The van der Waals surface area contributed by atoms with E-state index in [4.69, 9.17) is 9.47 Å². The Hall–Kier alpha value is -2.24. The average Bonchev–Trinajstić information content (AvgIpc) is 2.92. The highest BCUT2D eigenvalue weighted by Crippen LogP contribution is 2.32. The number of aryl methyl sites for hydroxylation is 2. The molecule has 31 heavy (non-hydrogen) atoms. The number of guanidine groups is 1. The van der Waals surface area contributed by atoms with Crippen LogP contribution in [-0.2, 0) is 19.5 Å². The number of hydrogen-bond acceptors (Lipinski definition) is 5. The summed E-state index contributed by atoms with van der Waals surface area (Å²) in [6, 6.07) is 5.80. The van der Waals surface area contributed by atoms with E-state index in [1.165, 1.54) is 0 Å². The Bertz CT molecular complexity index is 955. The lowest BCUT2D eigenvalue weighted by atomic mass is 10.2. The summed E-state index contributed by atoms with van der Waals surface area (Å²) in [6.07, 6.45) is 4.68. The van der Waals surface area contributed by atoms with Gasteiger partial charge in [-0.25, -0.2) is 9.48 Å². The van der Waals surface area contributed by atoms with Crippen LogP contribution in [-0.4, -0.2) is 46.6 Å². The van der Waals surface area contributed by atoms with Crippen molar-refractivity contribution in [3.05, 3.63) is 34.5 Å². The predicted octanol–water partition coefficient (Wildman–Crippen LogP) is 2.63. The molecule has 0 aliphatic carbocycles. The molecule has 0 bridgehead atoms. The second kappa shape index (κ2) is 11.4. The Kier molecular flexibility index (Phi) is 8.61. The van der Waals surface area contributed by atoms with Crippen LogP contribution in [0.5, 0.6) is 11.5 Å². The van der Waals surface area contributed by atoms with Crippen molar-refractivity contribution in [1.29, 1.82) is 0 Å². The molecule has 0 amide bonds. The minimum absolute atomic E-state index is 0. The number of anilines is 1. The summed E-state index contributed by atoms with van der Waals surface area (Å²) < 4.78 is 14.8. The molecule has 3 heterocycles. The molecule has 0 atom stereocenters. The lowest BCUT2D eigenvalue weighted by molar-refractivity contribution is 0.297. The average molecular weight is 542 g/mol. The van der Waals surface area contributed by atoms with Crippen LogP contribution in [0, 0.1) is 0 Å². The first-order valence-corrected chi connectivity index (χ1v) is 10.9. The molecular formula is C21H31IN6O3. The van der Waals surface area contributed by atoms with Gasteiger partial charge < -0.3 is 20.1 Å². The quantitative estimate of drug-likeness (QED) is 0.252. The Labute approximate surface area is 199 Å². The van der Waals surface area contributed by atoms with Gasteiger partial charge in [0.05, 0.1) is 13.2 Å². The molecule has 0 radical (unpaired) electrons. The van der Waals surface area contributed by atoms with Gasteiger partial charge in [-0.15, -0.1) is 24.0 Å². The third-order valence-corrected chi connectivity index (χ3v) is 5.18. The summed E-state index contributed by atoms with van der Waals surface area (Å²) in [4.78, 5) is 17.0. The molecule has 10 heteroatoms. The van der Waals surface area contributed by atoms with Crippen molar-refractivity contribution in [2.75, 3.05) is 31.6 Å². The molecule has 0 unspecified atom stereocenters. The topological polar surface area (TPSA) is 94.7 Å². The lowest BCUT2D eigenvalue weighted by Crippen LogP contribution is -2.31. The van der Waals surface area contributed by atoms with E-state index in [0.717, 1.165) is 68.2 Å². The maximum Gasteiger partial charge on any atom is 0.345 e. The largest absolute Gasteiger partial charge is 0.490 e. The van der Waals surface area contributed by atoms with Gasteiger partial charge in [0.25, 0.3) is 0 Å². The molecule has 0 spiro atoms. The van der Waals surface area contributed by atoms with Crippen LogP contribution < -0.4 is 25.8 Å². The van der Waals surface area contributed by atoms with Gasteiger partial charge in [-0.05, 0) is 38.3 Å². The van der Waals surface area contributed by atoms with Gasteiger partial charge in [-0.2, -0.15) is 5.10 Å². The monoisotopic (exact) mass is 542 g/mol. The normalized spacial score (nSPS) is 15.5. The number of aromatic nitrogens is 3. The van der Waals surface area contributed by atoms with Crippen molar-refractivity contribution >= 4 is 35.6 Å². The molecule has 1 aromatic carbocycles. The highest BCUT2D eigenvalue weighted by molar-refractivity contribution is 14.0. The number of nitrogens with zero attached hydrogens (tertiary/aromatic N) is 4. The zero-order chi connectivity index (χ0) is 20.8. The van der Waals surface area contributed by atoms with E-state index in [0.29, 0.717) is 32.3 Å². The first kappa shape index (κ1) is 23.4. The summed E-state index contributed by atoms with van der Waals surface area (Å²) in [5, 5.41) is 11.0. The van der Waals surface area contributed by atoms with Crippen LogP contribution in [0.4, 0.5) is 5.69 Å². The zero-order valence-electron chi connectivity index (χ0n) is 17.9. The molecule has 0 fully saturated rings. The first-order valence-electron chi connectivity index (χ1n) is 10.9. The molecule has 9 nitrogen and oxygen atoms in total. The van der Waals surface area contributed by atoms with Crippen LogP contribution >= 0.6 is 24.0 Å². The number of ether oxygens (including phenoxy) is 2. The van der Waals surface area contributed by atoms with Gasteiger partial charge in [-0.3, -0.25) is 9.56 Å². The van der Waals surface area contributed by atoms with E-state index in [2.05, 4.69) is 20.7 Å². The highest BCUT2D eigenvalue weighted by atomic mass is 127. The van der Waals surface area contributed by atoms with Crippen LogP contribution in [0.1, 0.15) is 38.4 Å². The fourth-order valence-corrected chi connectivity index (χ4v) is 3.69. The molecular weight excluding hydrogens is 511 g/mol. The van der Waals surface area contributed by atoms with Crippen molar-refractivity contribution in [2.45, 2.75) is 52.1 Å². The summed E-state index contributed by atoms with van der Waals surface area (Å²) >= 11 is 0. The van der Waals surface area contributed by atoms with Crippen molar-refractivity contribution in [2.24, 2.45) is 4.99 Å². The van der Waals surface area contributed by atoms with Gasteiger partial charge in [-0.1, -0.05) is 0 Å². The van der Waals surface area contributed by atoms with Crippen molar-refractivity contribution in [3.63, 3.8) is 0 Å². The van der Waals surface area contributed by atoms with Gasteiger partial charge in [0.2, 0.25) is 0 Å².